The number of rotatable bonds is 9. The number of carbonyl (C=O) groups is 2. The Bertz CT molecular complexity index is 1280. The Balaban J connectivity index is 1.97. The number of aryl methyl sites for hydroxylation is 1. The molecule has 208 valence electrons. The van der Waals surface area contributed by atoms with Gasteiger partial charge in [0, 0.05) is 12.6 Å². The third kappa shape index (κ3) is 7.41. The largest absolute Gasteiger partial charge is 0.416 e. The second-order valence-corrected chi connectivity index (χ2v) is 11.9. The van der Waals surface area contributed by atoms with Crippen molar-refractivity contribution in [2.75, 3.05) is 17.1 Å². The average molecular weight is 574 g/mol. The van der Waals surface area contributed by atoms with Crippen molar-refractivity contribution in [3.8, 4) is 0 Å². The molecule has 0 heterocycles. The summed E-state index contributed by atoms with van der Waals surface area (Å²) in [4.78, 5) is 28.0. The van der Waals surface area contributed by atoms with E-state index in [4.69, 9.17) is 11.6 Å². The van der Waals surface area contributed by atoms with Gasteiger partial charge in [0.1, 0.15) is 12.6 Å². The van der Waals surface area contributed by atoms with Crippen LogP contribution >= 0.6 is 11.6 Å². The smallest absolute Gasteiger partial charge is 0.352 e. The number of hydrogen-bond acceptors (Lipinski definition) is 4. The van der Waals surface area contributed by atoms with Gasteiger partial charge in [-0.15, -0.1) is 0 Å². The normalized spacial score (nSPS) is 15.2. The van der Waals surface area contributed by atoms with Crippen LogP contribution in [0.15, 0.2) is 42.5 Å². The summed E-state index contributed by atoms with van der Waals surface area (Å²) in [6, 6.07) is 8.51. The Morgan fingerprint density at radius 1 is 1.13 bits per heavy atom. The quantitative estimate of drug-likeness (QED) is 0.462. The van der Waals surface area contributed by atoms with E-state index in [1.807, 2.05) is 19.1 Å². The Morgan fingerprint density at radius 3 is 2.34 bits per heavy atom. The summed E-state index contributed by atoms with van der Waals surface area (Å²) in [7, 11) is -4.24. The van der Waals surface area contributed by atoms with Crippen LogP contribution in [0.1, 0.15) is 49.3 Å². The molecule has 7 nitrogen and oxygen atoms in total. The molecule has 2 aromatic carbocycles. The SMILES string of the molecule is Cc1ccccc1CN(C(=O)CN(c1cc(C(F)(F)F)ccc1Cl)S(C)(=O)=O)[C@@H](C)C(=O)NC1CCCC1. The van der Waals surface area contributed by atoms with Crippen LogP contribution in [-0.4, -0.2) is 50.0 Å². The molecule has 1 fully saturated rings. The second kappa shape index (κ2) is 11.9. The van der Waals surface area contributed by atoms with Gasteiger partial charge < -0.3 is 10.2 Å². The Labute approximate surface area is 226 Å². The molecule has 1 aliphatic rings. The highest BCUT2D eigenvalue weighted by atomic mass is 35.5. The number of amides is 2. The van der Waals surface area contributed by atoms with Crippen LogP contribution in [-0.2, 0) is 32.3 Å². The molecule has 1 aliphatic carbocycles. The van der Waals surface area contributed by atoms with Crippen molar-refractivity contribution >= 4 is 39.1 Å². The Hall–Kier alpha value is -2.79. The minimum atomic E-state index is -4.75. The van der Waals surface area contributed by atoms with Crippen molar-refractivity contribution in [1.82, 2.24) is 10.2 Å². The first-order valence-electron chi connectivity index (χ1n) is 12.2. The van der Waals surface area contributed by atoms with E-state index in [0.717, 1.165) is 55.2 Å². The van der Waals surface area contributed by atoms with Crippen molar-refractivity contribution in [1.29, 1.82) is 0 Å². The molecule has 1 saturated carbocycles. The van der Waals surface area contributed by atoms with Crippen molar-refractivity contribution in [2.45, 2.75) is 64.3 Å². The molecule has 1 atom stereocenters. The van der Waals surface area contributed by atoms with Crippen LogP contribution in [0, 0.1) is 6.92 Å². The molecule has 3 rings (SSSR count). The molecule has 0 aromatic heterocycles. The second-order valence-electron chi connectivity index (χ2n) is 9.55. The zero-order valence-electron chi connectivity index (χ0n) is 21.4. The predicted molar refractivity (Wildman–Crippen MR) is 140 cm³/mol. The number of halogens is 4. The van der Waals surface area contributed by atoms with Crippen LogP contribution in [0.2, 0.25) is 5.02 Å². The van der Waals surface area contributed by atoms with Crippen LogP contribution in [0.4, 0.5) is 18.9 Å². The van der Waals surface area contributed by atoms with Gasteiger partial charge in [0.25, 0.3) is 0 Å². The molecule has 2 aromatic rings. The molecule has 0 saturated heterocycles. The molecular weight excluding hydrogens is 543 g/mol. The van der Waals surface area contributed by atoms with Crippen LogP contribution in [0.5, 0.6) is 0 Å². The van der Waals surface area contributed by atoms with E-state index in [1.54, 1.807) is 19.1 Å². The van der Waals surface area contributed by atoms with Crippen LogP contribution < -0.4 is 9.62 Å². The first kappa shape index (κ1) is 29.8. The topological polar surface area (TPSA) is 86.8 Å². The third-order valence-electron chi connectivity index (χ3n) is 6.69. The lowest BCUT2D eigenvalue weighted by atomic mass is 10.1. The van der Waals surface area contributed by atoms with Gasteiger partial charge in [-0.2, -0.15) is 13.2 Å². The van der Waals surface area contributed by atoms with E-state index in [2.05, 4.69) is 5.32 Å². The fourth-order valence-corrected chi connectivity index (χ4v) is 5.54. The first-order chi connectivity index (χ1) is 17.7. The lowest BCUT2D eigenvalue weighted by Crippen LogP contribution is -2.52. The number of benzene rings is 2. The van der Waals surface area contributed by atoms with Gasteiger partial charge in [-0.3, -0.25) is 13.9 Å². The number of nitrogens with zero attached hydrogens (tertiary/aromatic N) is 2. The molecule has 0 unspecified atom stereocenters. The number of alkyl halides is 3. The van der Waals surface area contributed by atoms with E-state index in [1.165, 1.54) is 4.90 Å². The van der Waals surface area contributed by atoms with E-state index in [0.29, 0.717) is 10.4 Å². The van der Waals surface area contributed by atoms with Gasteiger partial charge in [0.15, 0.2) is 0 Å². The van der Waals surface area contributed by atoms with Gasteiger partial charge >= 0.3 is 6.18 Å². The maximum Gasteiger partial charge on any atom is 0.416 e. The van der Waals surface area contributed by atoms with Gasteiger partial charge in [-0.1, -0.05) is 48.7 Å². The summed E-state index contributed by atoms with van der Waals surface area (Å²) >= 11 is 6.11. The fourth-order valence-electron chi connectivity index (χ4n) is 4.42. The van der Waals surface area contributed by atoms with Gasteiger partial charge in [0.05, 0.1) is 22.5 Å². The number of anilines is 1. The van der Waals surface area contributed by atoms with E-state index < -0.39 is 45.9 Å². The van der Waals surface area contributed by atoms with Crippen LogP contribution in [0.3, 0.4) is 0 Å². The minimum Gasteiger partial charge on any atom is -0.352 e. The summed E-state index contributed by atoms with van der Waals surface area (Å²) in [6.07, 6.45) is -0.326. The molecule has 0 spiro atoms. The summed E-state index contributed by atoms with van der Waals surface area (Å²) in [6.45, 7) is 2.54. The summed E-state index contributed by atoms with van der Waals surface area (Å²) < 4.78 is 66.0. The standard InChI is InChI=1S/C26H31ClF3N3O4S/c1-17-8-4-5-9-19(17)15-32(18(2)25(35)31-21-10-6-7-11-21)24(34)16-33(38(3,36)37)23-14-20(26(28,29)30)12-13-22(23)27/h4-5,8-9,12-14,18,21H,6-7,10-11,15-16H2,1-3H3,(H,31,35)/t18-/m0/s1. The lowest BCUT2D eigenvalue weighted by Gasteiger charge is -2.32. The lowest BCUT2D eigenvalue weighted by molar-refractivity contribution is -0.139. The van der Waals surface area contributed by atoms with Crippen LogP contribution in [0.25, 0.3) is 0 Å². The minimum absolute atomic E-state index is 0.00130. The number of nitrogens with one attached hydrogen (secondary N) is 1. The fraction of sp³-hybridized carbons (Fsp3) is 0.462. The number of carbonyl (C=O) groups excluding carboxylic acids is 2. The maximum absolute atomic E-state index is 13.6. The van der Waals surface area contributed by atoms with Crippen molar-refractivity contribution in [2.24, 2.45) is 0 Å². The maximum atomic E-state index is 13.6. The number of hydrogen-bond donors (Lipinski definition) is 1. The molecule has 0 aliphatic heterocycles. The molecule has 0 radical (unpaired) electrons. The van der Waals surface area contributed by atoms with Gasteiger partial charge in [0.2, 0.25) is 21.8 Å². The highest BCUT2D eigenvalue weighted by Gasteiger charge is 2.35. The predicted octanol–water partition coefficient (Wildman–Crippen LogP) is 4.91. The van der Waals surface area contributed by atoms with Crippen molar-refractivity contribution in [3.05, 3.63) is 64.2 Å². The van der Waals surface area contributed by atoms with Crippen molar-refractivity contribution in [3.63, 3.8) is 0 Å². The summed E-state index contributed by atoms with van der Waals surface area (Å²) in [5.74, 6) is -1.15. The van der Waals surface area contributed by atoms with Gasteiger partial charge in [-0.05, 0) is 56.0 Å². The third-order valence-corrected chi connectivity index (χ3v) is 8.14. The first-order valence-corrected chi connectivity index (χ1v) is 14.4. The zero-order valence-corrected chi connectivity index (χ0v) is 23.0. The number of sulfonamides is 1. The molecule has 38 heavy (non-hydrogen) atoms. The molecule has 0 bridgehead atoms. The highest BCUT2D eigenvalue weighted by Crippen LogP contribution is 2.36. The molecule has 2 amide bonds. The molecular formula is C26H31ClF3N3O4S. The summed E-state index contributed by atoms with van der Waals surface area (Å²) in [5.41, 5.74) is 0.00860. The average Bonchev–Trinajstić information content (AvgIpc) is 3.33. The van der Waals surface area contributed by atoms with Crippen molar-refractivity contribution < 1.29 is 31.2 Å². The summed E-state index contributed by atoms with van der Waals surface area (Å²) in [5, 5.41) is 2.68. The van der Waals surface area contributed by atoms with E-state index >= 15 is 0 Å². The van der Waals surface area contributed by atoms with E-state index in [9.17, 15) is 31.2 Å². The van der Waals surface area contributed by atoms with E-state index in [-0.39, 0.29) is 23.5 Å². The van der Waals surface area contributed by atoms with Gasteiger partial charge in [-0.25, -0.2) is 8.42 Å². The molecule has 12 heteroatoms. The Kier molecular flexibility index (Phi) is 9.35. The zero-order chi connectivity index (χ0) is 28.3. The molecule has 1 N–H and O–H groups in total. The highest BCUT2D eigenvalue weighted by molar-refractivity contribution is 7.92. The monoisotopic (exact) mass is 573 g/mol. The Morgan fingerprint density at radius 2 is 1.76 bits per heavy atom.